The van der Waals surface area contributed by atoms with E-state index < -0.39 is 0 Å². The Bertz CT molecular complexity index is 8.00. The predicted octanol–water partition coefficient (Wildman–Crippen LogP) is -1.13. The zero-order valence-electron chi connectivity index (χ0n) is 1.60. The molecule has 0 saturated carbocycles. The molecular weight excluding hydrogens is 239 g/mol. The zero-order valence-corrected chi connectivity index (χ0v) is 7.63. The minimum Gasteiger partial charge on any atom is -0.153 e. The normalized spacial score (nSPS) is 0. The van der Waals surface area contributed by atoms with Gasteiger partial charge in [0.15, 0.2) is 0 Å². The first-order valence-electron chi connectivity index (χ1n) is 0. The van der Waals surface area contributed by atoms with Gasteiger partial charge in [-0.2, -0.15) is 9.90 Å². The van der Waals surface area contributed by atoms with Crippen LogP contribution in [0.5, 0.6) is 0 Å². The van der Waals surface area contributed by atoms with Gasteiger partial charge in [-0.3, -0.25) is 0 Å². The maximum Gasteiger partial charge on any atom is 0.0814 e. The summed E-state index contributed by atoms with van der Waals surface area (Å²) in [7, 11) is 0. The van der Waals surface area contributed by atoms with E-state index >= 15 is 0 Å². The summed E-state index contributed by atoms with van der Waals surface area (Å²) in [6.45, 7) is 0. The molecule has 1 radical (unpaired) electrons. The summed E-state index contributed by atoms with van der Waals surface area (Å²) in [6, 6.07) is 0. The van der Waals surface area contributed by atoms with Gasteiger partial charge >= 0.3 is 0 Å². The van der Waals surface area contributed by atoms with E-state index in [0.29, 0.717) is 0 Å². The molecule has 0 aromatic heterocycles. The van der Waals surface area contributed by atoms with Crippen molar-refractivity contribution in [2.24, 2.45) is 0 Å². The standard InChI is InChI=1S/BH3.La.Ni.H3P/h1H3;;;1H3. The van der Waals surface area contributed by atoms with E-state index in [1.165, 1.54) is 0 Å². The van der Waals surface area contributed by atoms with Gasteiger partial charge in [-0.05, 0) is 0 Å². The molecule has 0 amide bonds. The largest absolute Gasteiger partial charge is 0.153 e. The Morgan fingerprint density at radius 2 is 1.00 bits per heavy atom. The molecule has 0 aliphatic rings. The van der Waals surface area contributed by atoms with E-state index in [-0.39, 0.29) is 70.4 Å². The van der Waals surface area contributed by atoms with Crippen LogP contribution in [0, 0.1) is 35.6 Å². The zero-order chi connectivity index (χ0) is 0. The van der Waals surface area contributed by atoms with Crippen molar-refractivity contribution in [3.63, 3.8) is 0 Å². The summed E-state index contributed by atoms with van der Waals surface area (Å²) in [4.78, 5) is 0. The Balaban J connectivity index is 0. The third-order valence-electron chi connectivity index (χ3n) is 0. The third-order valence-corrected chi connectivity index (χ3v) is 0. The summed E-state index contributed by atoms with van der Waals surface area (Å²) < 4.78 is 0. The monoisotopic (exact) mass is 245 g/mol. The average Bonchev–Trinajstić information content (AvgIpc) is 0. The molecule has 27 valence electrons. The van der Waals surface area contributed by atoms with Crippen LogP contribution in [0.3, 0.4) is 0 Å². The molecule has 4 heteroatoms. The summed E-state index contributed by atoms with van der Waals surface area (Å²) in [6.07, 6.45) is 0. The van der Waals surface area contributed by atoms with Crippen molar-refractivity contribution in [2.45, 2.75) is 0 Å². The molecule has 0 heterocycles. The first-order chi connectivity index (χ1) is 0. The Kier molecular flexibility index (Phi) is 166. The summed E-state index contributed by atoms with van der Waals surface area (Å²) in [5.74, 6) is 0. The van der Waals surface area contributed by atoms with Crippen LogP contribution in [-0.2, 0) is 16.5 Å². The Hall–Kier alpha value is 2.18. The van der Waals surface area contributed by atoms with Crippen LogP contribution in [0.2, 0.25) is 0 Å². The SMILES string of the molecule is B.P.[La].[Ni]. The molecule has 4 heavy (non-hydrogen) atoms. The molecule has 0 rings (SSSR count). The van der Waals surface area contributed by atoms with Crippen LogP contribution in [0.25, 0.3) is 0 Å². The van der Waals surface area contributed by atoms with Crippen molar-refractivity contribution < 1.29 is 52.1 Å². The first kappa shape index (κ1) is 34.9. The van der Waals surface area contributed by atoms with Gasteiger partial charge in [0, 0.05) is 52.1 Å². The molecule has 0 nitrogen and oxygen atoms in total. The molecule has 0 bridgehead atoms. The number of hydrogen-bond donors (Lipinski definition) is 0. The van der Waals surface area contributed by atoms with E-state index in [1.807, 2.05) is 0 Å². The minimum atomic E-state index is 0. The molecule has 0 N–H and O–H groups in total. The van der Waals surface area contributed by atoms with Gasteiger partial charge < -0.3 is 0 Å². The van der Waals surface area contributed by atoms with Gasteiger partial charge in [-0.15, -0.1) is 0 Å². The molecule has 1 atom stereocenters. The van der Waals surface area contributed by atoms with Crippen LogP contribution < -0.4 is 0 Å². The predicted molar refractivity (Wildman–Crippen MR) is 21.0 cm³/mol. The molecule has 0 aliphatic carbocycles. The minimum absolute atomic E-state index is 0. The van der Waals surface area contributed by atoms with Crippen LogP contribution >= 0.6 is 9.90 Å². The summed E-state index contributed by atoms with van der Waals surface area (Å²) in [5.41, 5.74) is 0. The van der Waals surface area contributed by atoms with E-state index in [4.69, 9.17) is 0 Å². The Morgan fingerprint density at radius 3 is 1.00 bits per heavy atom. The van der Waals surface area contributed by atoms with Gasteiger partial charge in [0.25, 0.3) is 0 Å². The molecule has 0 fully saturated rings. The van der Waals surface area contributed by atoms with E-state index in [0.717, 1.165) is 0 Å². The second-order valence-corrected chi connectivity index (χ2v) is 0. The summed E-state index contributed by atoms with van der Waals surface area (Å²) in [5, 5.41) is 0. The first-order valence-corrected chi connectivity index (χ1v) is 0. The maximum absolute atomic E-state index is 0. The van der Waals surface area contributed by atoms with Crippen LogP contribution in [0.4, 0.5) is 0 Å². The molecule has 0 aliphatic heterocycles. The number of rotatable bonds is 0. The van der Waals surface area contributed by atoms with Crippen molar-refractivity contribution in [1.82, 2.24) is 0 Å². The van der Waals surface area contributed by atoms with E-state index in [2.05, 4.69) is 0 Å². The van der Waals surface area contributed by atoms with Gasteiger partial charge in [-0.1, -0.05) is 0 Å². The van der Waals surface area contributed by atoms with E-state index in [9.17, 15) is 0 Å². The van der Waals surface area contributed by atoms with Gasteiger partial charge in [0.05, 0.1) is 8.41 Å². The second-order valence-electron chi connectivity index (χ2n) is 0. The van der Waals surface area contributed by atoms with Gasteiger partial charge in [0.2, 0.25) is 0 Å². The smallest absolute Gasteiger partial charge is 0.0814 e. The van der Waals surface area contributed by atoms with Crippen molar-refractivity contribution in [1.29, 1.82) is 0 Å². The molecular formula is H6BLaNiP. The summed E-state index contributed by atoms with van der Waals surface area (Å²) >= 11 is 0. The molecule has 0 aromatic carbocycles. The van der Waals surface area contributed by atoms with Crippen molar-refractivity contribution >= 4 is 18.3 Å². The Morgan fingerprint density at radius 1 is 1.00 bits per heavy atom. The van der Waals surface area contributed by atoms with Gasteiger partial charge in [0.1, 0.15) is 0 Å². The van der Waals surface area contributed by atoms with Crippen molar-refractivity contribution in [3.8, 4) is 0 Å². The van der Waals surface area contributed by atoms with Gasteiger partial charge in [-0.25, -0.2) is 0 Å². The molecule has 0 saturated heterocycles. The second kappa shape index (κ2) is 19.0. The van der Waals surface area contributed by atoms with Crippen LogP contribution in [0.1, 0.15) is 0 Å². The molecule has 0 aromatic rings. The maximum atomic E-state index is 0. The average molecular weight is 245 g/mol. The number of hydrogen-bond acceptors (Lipinski definition) is 0. The molecule has 0 spiro atoms. The fourth-order valence-corrected chi connectivity index (χ4v) is 0. The fourth-order valence-electron chi connectivity index (χ4n) is 0. The van der Waals surface area contributed by atoms with Crippen LogP contribution in [0.15, 0.2) is 0 Å². The van der Waals surface area contributed by atoms with E-state index in [1.54, 1.807) is 0 Å². The third kappa shape index (κ3) is 8.89. The Labute approximate surface area is 69.6 Å². The fraction of sp³-hybridized carbons (Fsp3) is 0. The topological polar surface area (TPSA) is 0 Å². The molecule has 1 unspecified atom stereocenters. The van der Waals surface area contributed by atoms with Crippen LogP contribution in [-0.4, -0.2) is 8.41 Å². The van der Waals surface area contributed by atoms with Crippen molar-refractivity contribution in [3.05, 3.63) is 0 Å². The van der Waals surface area contributed by atoms with Crippen molar-refractivity contribution in [2.75, 3.05) is 0 Å². The quantitative estimate of drug-likeness (QED) is 0.374.